The van der Waals surface area contributed by atoms with Gasteiger partial charge in [0, 0.05) is 6.42 Å². The van der Waals surface area contributed by atoms with Gasteiger partial charge in [-0.3, -0.25) is 9.59 Å². The van der Waals surface area contributed by atoms with E-state index in [1.807, 2.05) is 12.2 Å². The molecule has 1 rings (SSSR count). The topological polar surface area (TPSA) is 175 Å². The molecule has 0 radical (unpaired) electrons. The summed E-state index contributed by atoms with van der Waals surface area (Å²) in [7, 11) is 0. The molecule has 472 valence electrons. The second-order valence-electron chi connectivity index (χ2n) is 23.6. The fourth-order valence-corrected chi connectivity index (χ4v) is 10.6. The number of unbranched alkanes of at least 4 members (excludes halogenated alkanes) is 38. The third kappa shape index (κ3) is 45.4. The fourth-order valence-electron chi connectivity index (χ4n) is 10.6. The van der Waals surface area contributed by atoms with E-state index in [4.69, 9.17) is 14.2 Å². The number of amides is 1. The Hall–Kier alpha value is -2.64. The van der Waals surface area contributed by atoms with Crippen molar-refractivity contribution in [3.8, 4) is 0 Å². The zero-order valence-corrected chi connectivity index (χ0v) is 52.4. The van der Waals surface area contributed by atoms with Gasteiger partial charge >= 0.3 is 5.97 Å². The number of esters is 1. The summed E-state index contributed by atoms with van der Waals surface area (Å²) >= 11 is 0. The third-order valence-electron chi connectivity index (χ3n) is 16.0. The second-order valence-corrected chi connectivity index (χ2v) is 23.6. The van der Waals surface area contributed by atoms with Gasteiger partial charge in [-0.15, -0.1) is 0 Å². The minimum absolute atomic E-state index is 0.110. The Balaban J connectivity index is 2.60. The first kappa shape index (κ1) is 76.4. The summed E-state index contributed by atoms with van der Waals surface area (Å²) in [5.41, 5.74) is 0. The summed E-state index contributed by atoms with van der Waals surface area (Å²) in [6.45, 7) is 5.68. The van der Waals surface area contributed by atoms with Gasteiger partial charge in [0.15, 0.2) is 12.4 Å². The Morgan fingerprint density at radius 1 is 0.494 bits per heavy atom. The van der Waals surface area contributed by atoms with Crippen LogP contribution >= 0.6 is 0 Å². The maximum absolute atomic E-state index is 13.5. The summed E-state index contributed by atoms with van der Waals surface area (Å²) < 4.78 is 17.6. The number of aliphatic hydroxyl groups excluding tert-OH is 5. The SMILES string of the molecule is CC/C=C/C=C/C=C/CCCCCCCCCC(=O)OC1C(OCC(NC(=O)C(O)CCCCCCCCCCCCCCCC/C=C/CCCCCCCC)C(O)/C=C/CCCCCCCCCCCCC)OC(CO)C(O)C1O. The summed E-state index contributed by atoms with van der Waals surface area (Å²) in [5.74, 6) is -1.20. The lowest BCUT2D eigenvalue weighted by molar-refractivity contribution is -0.305. The molecule has 11 nitrogen and oxygen atoms in total. The van der Waals surface area contributed by atoms with Gasteiger partial charge in [0.05, 0.1) is 25.4 Å². The summed E-state index contributed by atoms with van der Waals surface area (Å²) in [6, 6.07) is -1.03. The Kier molecular flexibility index (Phi) is 54.5. The Bertz CT molecular complexity index is 1550. The monoisotopic (exact) mass is 1140 g/mol. The largest absolute Gasteiger partial charge is 0.454 e. The van der Waals surface area contributed by atoms with Crippen LogP contribution < -0.4 is 5.32 Å². The van der Waals surface area contributed by atoms with E-state index in [1.54, 1.807) is 6.08 Å². The van der Waals surface area contributed by atoms with Gasteiger partial charge in [0.2, 0.25) is 5.91 Å². The van der Waals surface area contributed by atoms with Gasteiger partial charge in [0.25, 0.3) is 0 Å². The van der Waals surface area contributed by atoms with Gasteiger partial charge in [0.1, 0.15) is 24.4 Å². The van der Waals surface area contributed by atoms with E-state index in [-0.39, 0.29) is 13.0 Å². The van der Waals surface area contributed by atoms with Gasteiger partial charge in [-0.25, -0.2) is 0 Å². The molecule has 1 saturated heterocycles. The van der Waals surface area contributed by atoms with Crippen LogP contribution in [0.25, 0.3) is 0 Å². The van der Waals surface area contributed by atoms with E-state index in [0.717, 1.165) is 89.9 Å². The standard InChI is InChI=1S/C70H127NO10/c1-4-7-10-13-16-19-22-25-27-28-29-30-31-32-33-34-35-37-39-42-45-48-51-54-57-63(74)69(78)71-61(62(73)56-53-50-47-44-41-38-24-21-18-15-12-9-6-3)60-79-70-68(67(77)66(76)64(59-72)80-70)81-65(75)58-55-52-49-46-43-40-36-26-23-20-17-14-11-8-5-2/h8,11,14,17,20,23,25,27,53,56,61-64,66-68,70,72-74,76-77H,4-7,9-10,12-13,15-16,18-19,21-22,24,26,28-52,54-55,57-60H2,1-3H3,(H,71,78)/b11-8+,17-14+,23-20+,27-25+,56-53+. The molecule has 11 heteroatoms. The molecule has 0 spiro atoms. The highest BCUT2D eigenvalue weighted by molar-refractivity contribution is 5.80. The zero-order chi connectivity index (χ0) is 58.9. The number of allylic oxidation sites excluding steroid dienone is 9. The lowest BCUT2D eigenvalue weighted by Crippen LogP contribution is -2.61. The Morgan fingerprint density at radius 2 is 0.901 bits per heavy atom. The number of hydrogen-bond donors (Lipinski definition) is 6. The molecule has 0 aliphatic carbocycles. The smallest absolute Gasteiger partial charge is 0.306 e. The minimum atomic E-state index is -1.62. The first-order chi connectivity index (χ1) is 39.7. The second kappa shape index (κ2) is 57.8. The molecule has 0 aromatic carbocycles. The molecule has 0 saturated carbocycles. The van der Waals surface area contributed by atoms with Crippen molar-refractivity contribution < 1.29 is 49.3 Å². The zero-order valence-electron chi connectivity index (χ0n) is 52.4. The molecular weight excluding hydrogens is 1010 g/mol. The van der Waals surface area contributed by atoms with Crippen LogP contribution in [-0.2, 0) is 23.8 Å². The maximum Gasteiger partial charge on any atom is 0.306 e. The molecule has 1 heterocycles. The highest BCUT2D eigenvalue weighted by Gasteiger charge is 2.47. The van der Waals surface area contributed by atoms with Crippen molar-refractivity contribution in [2.24, 2.45) is 0 Å². The lowest BCUT2D eigenvalue weighted by atomic mass is 9.99. The number of hydrogen-bond acceptors (Lipinski definition) is 10. The quantitative estimate of drug-likeness (QED) is 0.0149. The van der Waals surface area contributed by atoms with Crippen LogP contribution in [0.3, 0.4) is 0 Å². The van der Waals surface area contributed by atoms with Gasteiger partial charge < -0.3 is 45.1 Å². The van der Waals surface area contributed by atoms with Crippen LogP contribution in [0.1, 0.15) is 310 Å². The number of carbonyl (C=O) groups excluding carboxylic acids is 2. The van der Waals surface area contributed by atoms with Crippen LogP contribution in [0.4, 0.5) is 0 Å². The van der Waals surface area contributed by atoms with Crippen LogP contribution in [0, 0.1) is 0 Å². The Labute approximate surface area is 497 Å². The van der Waals surface area contributed by atoms with E-state index < -0.39 is 67.4 Å². The molecule has 6 N–H and O–H groups in total. The van der Waals surface area contributed by atoms with E-state index >= 15 is 0 Å². The number of nitrogens with one attached hydrogen (secondary N) is 1. The minimum Gasteiger partial charge on any atom is -0.454 e. The number of rotatable bonds is 58. The van der Waals surface area contributed by atoms with E-state index in [9.17, 15) is 35.1 Å². The lowest BCUT2D eigenvalue weighted by Gasteiger charge is -2.41. The van der Waals surface area contributed by atoms with Crippen molar-refractivity contribution >= 4 is 11.9 Å². The van der Waals surface area contributed by atoms with Crippen molar-refractivity contribution in [2.75, 3.05) is 13.2 Å². The first-order valence-corrected chi connectivity index (χ1v) is 34.1. The third-order valence-corrected chi connectivity index (χ3v) is 16.0. The first-order valence-electron chi connectivity index (χ1n) is 34.1. The van der Waals surface area contributed by atoms with Crippen LogP contribution in [0.5, 0.6) is 0 Å². The summed E-state index contributed by atoms with van der Waals surface area (Å²) in [4.78, 5) is 26.6. The highest BCUT2D eigenvalue weighted by atomic mass is 16.7. The number of carbonyl (C=O) groups is 2. The number of ether oxygens (including phenoxy) is 3. The average molecular weight is 1140 g/mol. The molecule has 1 fully saturated rings. The molecule has 0 aromatic rings. The van der Waals surface area contributed by atoms with Crippen molar-refractivity contribution in [2.45, 2.75) is 359 Å². The van der Waals surface area contributed by atoms with E-state index in [1.165, 1.54) is 173 Å². The summed E-state index contributed by atoms with van der Waals surface area (Å²) in [5, 5.41) is 57.1. The molecular formula is C70H127NO10. The van der Waals surface area contributed by atoms with Crippen LogP contribution in [0.2, 0.25) is 0 Å². The molecule has 1 amide bonds. The Morgan fingerprint density at radius 3 is 1.36 bits per heavy atom. The molecule has 0 bridgehead atoms. The number of aliphatic hydroxyl groups is 5. The molecule has 8 unspecified atom stereocenters. The highest BCUT2D eigenvalue weighted by Crippen LogP contribution is 2.26. The molecule has 81 heavy (non-hydrogen) atoms. The normalized spacial score (nSPS) is 19.0. The van der Waals surface area contributed by atoms with Crippen molar-refractivity contribution in [1.29, 1.82) is 0 Å². The molecule has 1 aliphatic rings. The maximum atomic E-state index is 13.5. The predicted octanol–water partition coefficient (Wildman–Crippen LogP) is 17.0. The van der Waals surface area contributed by atoms with Crippen LogP contribution in [-0.4, -0.2) is 99.6 Å². The molecule has 8 atom stereocenters. The van der Waals surface area contributed by atoms with Crippen LogP contribution in [0.15, 0.2) is 60.8 Å². The van der Waals surface area contributed by atoms with E-state index in [0.29, 0.717) is 19.3 Å². The predicted molar refractivity (Wildman–Crippen MR) is 338 cm³/mol. The molecule has 0 aromatic heterocycles. The van der Waals surface area contributed by atoms with Gasteiger partial charge in [-0.2, -0.15) is 0 Å². The molecule has 1 aliphatic heterocycles. The average Bonchev–Trinajstić information content (AvgIpc) is 3.53. The van der Waals surface area contributed by atoms with Crippen molar-refractivity contribution in [3.63, 3.8) is 0 Å². The fraction of sp³-hybridized carbons (Fsp3) is 0.829. The van der Waals surface area contributed by atoms with Crippen molar-refractivity contribution in [1.82, 2.24) is 5.32 Å². The van der Waals surface area contributed by atoms with E-state index in [2.05, 4.69) is 68.6 Å². The summed E-state index contributed by atoms with van der Waals surface area (Å²) in [6.07, 6.45) is 62.6. The van der Waals surface area contributed by atoms with Gasteiger partial charge in [-0.05, 0) is 70.6 Å². The van der Waals surface area contributed by atoms with Crippen molar-refractivity contribution in [3.05, 3.63) is 60.8 Å². The van der Waals surface area contributed by atoms with Gasteiger partial charge in [-0.1, -0.05) is 293 Å².